The Kier molecular flexibility index (Phi) is 3.00. The van der Waals surface area contributed by atoms with Crippen LogP contribution in [-0.2, 0) is 7.01 Å². The first-order valence-corrected chi connectivity index (χ1v) is 7.73. The number of nitrogen functional groups attached to an aromatic ring is 1. The molecule has 1 aromatic rings. The van der Waals surface area contributed by atoms with Gasteiger partial charge >= 0.3 is 0 Å². The summed E-state index contributed by atoms with van der Waals surface area (Å²) >= 11 is 4.54. The predicted molar refractivity (Wildman–Crippen MR) is 59.8 cm³/mol. The number of anilines is 1. The van der Waals surface area contributed by atoms with E-state index in [0.717, 1.165) is 4.47 Å². The highest BCUT2D eigenvalue weighted by Gasteiger charge is 2.12. The molecule has 0 heterocycles. The summed E-state index contributed by atoms with van der Waals surface area (Å²) in [5.74, 6) is 0. The lowest BCUT2D eigenvalue weighted by atomic mass is 10.3. The van der Waals surface area contributed by atoms with Crippen molar-refractivity contribution in [2.24, 2.45) is 0 Å². The molecule has 0 aliphatic heterocycles. The van der Waals surface area contributed by atoms with Gasteiger partial charge in [-0.3, -0.25) is 0 Å². The molecule has 0 spiro atoms. The Labute approximate surface area is 91.0 Å². The maximum absolute atomic E-state index is 11.1. The van der Waals surface area contributed by atoms with E-state index < -0.39 is 7.01 Å². The molecule has 2 N–H and O–H groups in total. The van der Waals surface area contributed by atoms with Crippen LogP contribution in [0.4, 0.5) is 5.69 Å². The molecule has 0 aliphatic rings. The highest BCUT2D eigenvalue weighted by molar-refractivity contribution is 14.2. The minimum absolute atomic E-state index is 0.159. The van der Waals surface area contributed by atoms with Crippen molar-refractivity contribution in [1.82, 2.24) is 0 Å². The standard InChI is InChI=1S/C6H5BrINO2S/c7-4-1-2-6(5(9)3-4)12(8,10)11/h1-3H,9H2. The zero-order chi connectivity index (χ0) is 9.35. The van der Waals surface area contributed by atoms with E-state index in [1.165, 1.54) is 27.3 Å². The summed E-state index contributed by atoms with van der Waals surface area (Å²) in [4.78, 5) is 0.159. The maximum Gasteiger partial charge on any atom is 0.233 e. The number of rotatable bonds is 1. The molecule has 0 aliphatic carbocycles. The van der Waals surface area contributed by atoms with Gasteiger partial charge in [-0.05, 0) is 18.2 Å². The molecule has 12 heavy (non-hydrogen) atoms. The van der Waals surface area contributed by atoms with Gasteiger partial charge in [0.25, 0.3) is 0 Å². The molecule has 0 aromatic heterocycles. The van der Waals surface area contributed by atoms with Crippen molar-refractivity contribution in [3.8, 4) is 0 Å². The first kappa shape index (κ1) is 10.3. The van der Waals surface area contributed by atoms with Crippen LogP contribution in [0.25, 0.3) is 0 Å². The topological polar surface area (TPSA) is 60.2 Å². The molecule has 0 atom stereocenters. The Morgan fingerprint density at radius 2 is 2.00 bits per heavy atom. The second-order valence-electron chi connectivity index (χ2n) is 2.12. The Balaban J connectivity index is 3.39. The monoisotopic (exact) mass is 361 g/mol. The molecular formula is C6H5BrINO2S. The van der Waals surface area contributed by atoms with E-state index in [4.69, 9.17) is 5.73 Å². The second-order valence-corrected chi connectivity index (χ2v) is 7.83. The summed E-state index contributed by atoms with van der Waals surface area (Å²) < 4.78 is 22.9. The number of hydrogen-bond acceptors (Lipinski definition) is 3. The van der Waals surface area contributed by atoms with Gasteiger partial charge in [0, 0.05) is 4.47 Å². The lowest BCUT2D eigenvalue weighted by molar-refractivity contribution is 0.613. The van der Waals surface area contributed by atoms with Crippen molar-refractivity contribution in [2.75, 3.05) is 5.73 Å². The molecule has 3 nitrogen and oxygen atoms in total. The van der Waals surface area contributed by atoms with Crippen LogP contribution in [0.15, 0.2) is 27.6 Å². The van der Waals surface area contributed by atoms with Crippen molar-refractivity contribution in [3.63, 3.8) is 0 Å². The molecule has 0 fully saturated rings. The molecule has 0 saturated carbocycles. The summed E-state index contributed by atoms with van der Waals surface area (Å²) in [5, 5.41) is 0. The molecule has 0 radical (unpaired) electrons. The van der Waals surface area contributed by atoms with E-state index >= 15 is 0 Å². The van der Waals surface area contributed by atoms with Gasteiger partial charge in [-0.25, -0.2) is 8.42 Å². The average Bonchev–Trinajstić information content (AvgIpc) is 1.83. The summed E-state index contributed by atoms with van der Waals surface area (Å²) in [6.45, 7) is 0. The van der Waals surface area contributed by atoms with Gasteiger partial charge in [0.05, 0.1) is 31.8 Å². The van der Waals surface area contributed by atoms with E-state index in [9.17, 15) is 8.42 Å². The van der Waals surface area contributed by atoms with Crippen LogP contribution < -0.4 is 5.73 Å². The lowest BCUT2D eigenvalue weighted by Gasteiger charge is -2.01. The predicted octanol–water partition coefficient (Wildman–Crippen LogP) is 2.16. The Bertz CT molecular complexity index is 404. The van der Waals surface area contributed by atoms with Crippen LogP contribution in [0.5, 0.6) is 0 Å². The first-order valence-electron chi connectivity index (χ1n) is 2.91. The zero-order valence-electron chi connectivity index (χ0n) is 5.79. The van der Waals surface area contributed by atoms with Gasteiger partial charge in [0.15, 0.2) is 0 Å². The van der Waals surface area contributed by atoms with E-state index in [1.54, 1.807) is 12.1 Å². The number of hydrogen-bond donors (Lipinski definition) is 1. The van der Waals surface area contributed by atoms with Crippen molar-refractivity contribution >= 4 is 49.8 Å². The molecule has 0 bridgehead atoms. The van der Waals surface area contributed by atoms with Crippen molar-refractivity contribution < 1.29 is 8.42 Å². The molecule has 6 heteroatoms. The number of benzene rings is 1. The van der Waals surface area contributed by atoms with Gasteiger partial charge < -0.3 is 5.73 Å². The maximum atomic E-state index is 11.1. The van der Waals surface area contributed by atoms with Crippen LogP contribution in [0, 0.1) is 0 Å². The van der Waals surface area contributed by atoms with Crippen LogP contribution >= 0.6 is 37.1 Å². The van der Waals surface area contributed by atoms with Crippen molar-refractivity contribution in [1.29, 1.82) is 0 Å². The van der Waals surface area contributed by atoms with Gasteiger partial charge in [-0.1, -0.05) is 15.9 Å². The lowest BCUT2D eigenvalue weighted by Crippen LogP contribution is -1.96. The summed E-state index contributed by atoms with van der Waals surface area (Å²) in [5.41, 5.74) is 5.76. The van der Waals surface area contributed by atoms with Crippen molar-refractivity contribution in [2.45, 2.75) is 4.90 Å². The smallest absolute Gasteiger partial charge is 0.233 e. The third-order valence-corrected chi connectivity index (χ3v) is 4.05. The summed E-state index contributed by atoms with van der Waals surface area (Å²) in [6, 6.07) is 4.68. The fourth-order valence-electron chi connectivity index (χ4n) is 0.741. The normalized spacial score (nSPS) is 11.5. The third kappa shape index (κ3) is 2.33. The Hall–Kier alpha value is 0.180. The second kappa shape index (κ2) is 3.51. The quantitative estimate of drug-likeness (QED) is 0.473. The Morgan fingerprint density at radius 3 is 2.42 bits per heavy atom. The largest absolute Gasteiger partial charge is 0.398 e. The minimum Gasteiger partial charge on any atom is -0.398 e. The van der Waals surface area contributed by atoms with Crippen LogP contribution in [0.1, 0.15) is 0 Å². The van der Waals surface area contributed by atoms with Crippen molar-refractivity contribution in [3.05, 3.63) is 22.7 Å². The number of nitrogens with two attached hydrogens (primary N) is 1. The third-order valence-electron chi connectivity index (χ3n) is 1.23. The van der Waals surface area contributed by atoms with E-state index in [0.29, 0.717) is 0 Å². The van der Waals surface area contributed by atoms with Gasteiger partial charge in [0.1, 0.15) is 0 Å². The fraction of sp³-hybridized carbons (Fsp3) is 0. The van der Waals surface area contributed by atoms with Gasteiger partial charge in [-0.2, -0.15) is 0 Å². The Morgan fingerprint density at radius 1 is 1.42 bits per heavy atom. The molecular weight excluding hydrogens is 357 g/mol. The average molecular weight is 362 g/mol. The molecule has 0 saturated heterocycles. The highest BCUT2D eigenvalue weighted by Crippen LogP contribution is 2.26. The van der Waals surface area contributed by atoms with Gasteiger partial charge in [-0.15, -0.1) is 0 Å². The SMILES string of the molecule is Nc1cc(Br)ccc1S(=O)(=O)I. The van der Waals surface area contributed by atoms with Gasteiger partial charge in [0.2, 0.25) is 7.01 Å². The molecule has 0 unspecified atom stereocenters. The highest BCUT2D eigenvalue weighted by atomic mass is 127. The van der Waals surface area contributed by atoms with E-state index in [-0.39, 0.29) is 10.6 Å². The summed E-state index contributed by atoms with van der Waals surface area (Å²) in [6.07, 6.45) is 0. The number of halogens is 2. The van der Waals surface area contributed by atoms with Crippen LogP contribution in [0.3, 0.4) is 0 Å². The summed E-state index contributed by atoms with van der Waals surface area (Å²) in [7, 11) is -3.23. The molecule has 1 aromatic carbocycles. The molecule has 0 amide bonds. The van der Waals surface area contributed by atoms with E-state index in [1.807, 2.05) is 0 Å². The fourth-order valence-corrected chi connectivity index (χ4v) is 2.89. The van der Waals surface area contributed by atoms with Crippen LogP contribution in [0.2, 0.25) is 0 Å². The molecule has 1 rings (SSSR count). The van der Waals surface area contributed by atoms with E-state index in [2.05, 4.69) is 15.9 Å². The zero-order valence-corrected chi connectivity index (χ0v) is 10.4. The first-order chi connectivity index (χ1) is 5.41. The minimum atomic E-state index is -3.23. The van der Waals surface area contributed by atoms with Crippen LogP contribution in [-0.4, -0.2) is 8.42 Å². The molecule has 66 valence electrons.